The number of hydrogen-bond donors (Lipinski definition) is 1. The maximum atomic E-state index is 14.8. The zero-order valence-electron chi connectivity index (χ0n) is 16.3. The van der Waals surface area contributed by atoms with Crippen LogP contribution >= 0.6 is 0 Å². The van der Waals surface area contributed by atoms with Gasteiger partial charge in [-0.25, -0.2) is 14.0 Å². The number of fused-ring (bicyclic) bond motifs is 1. The van der Waals surface area contributed by atoms with E-state index in [1.54, 1.807) is 39.0 Å². The van der Waals surface area contributed by atoms with E-state index >= 15 is 0 Å². The molecule has 0 unspecified atom stereocenters. The second-order valence-electron chi connectivity index (χ2n) is 7.74. The van der Waals surface area contributed by atoms with E-state index in [4.69, 9.17) is 9.47 Å². The average Bonchev–Trinajstić information content (AvgIpc) is 2.57. The van der Waals surface area contributed by atoms with Crippen LogP contribution in [-0.4, -0.2) is 22.7 Å². The van der Waals surface area contributed by atoms with Gasteiger partial charge in [-0.05, 0) is 45.4 Å². The van der Waals surface area contributed by atoms with Crippen molar-refractivity contribution in [1.29, 1.82) is 0 Å². The van der Waals surface area contributed by atoms with Gasteiger partial charge in [0.05, 0.1) is 18.8 Å². The smallest absolute Gasteiger partial charge is 0.415 e. The van der Waals surface area contributed by atoms with Gasteiger partial charge in [0.2, 0.25) is 0 Å². The highest BCUT2D eigenvalue weighted by Gasteiger charge is 2.26. The number of ether oxygens (including phenoxy) is 2. The molecule has 0 saturated heterocycles. The Kier molecular flexibility index (Phi) is 5.27. The number of carbonyl (C=O) groups excluding carboxylic acids is 2. The standard InChI is InChI=1S/C21H23FN2O4/c1-13-8-9-14-11-24(20(26)27-17(14)10-13)12-15-6-5-7-16(18(15)22)23-19(25)28-21(2,3)4/h5-10H,11-12H2,1-4H3,(H,23,25). The molecular formula is C21H23FN2O4. The van der Waals surface area contributed by atoms with Crippen molar-refractivity contribution in [2.75, 3.05) is 5.32 Å². The minimum absolute atomic E-state index is 0.00634. The molecule has 28 heavy (non-hydrogen) atoms. The molecule has 1 N–H and O–H groups in total. The van der Waals surface area contributed by atoms with Crippen LogP contribution in [0.1, 0.15) is 37.5 Å². The Morgan fingerprint density at radius 1 is 1.29 bits per heavy atom. The van der Waals surface area contributed by atoms with Crippen molar-refractivity contribution >= 4 is 17.9 Å². The van der Waals surface area contributed by atoms with Crippen molar-refractivity contribution < 1.29 is 23.5 Å². The summed E-state index contributed by atoms with van der Waals surface area (Å²) in [6, 6.07) is 10.2. The molecule has 0 radical (unpaired) electrons. The fraction of sp³-hybridized carbons (Fsp3) is 0.333. The van der Waals surface area contributed by atoms with Gasteiger partial charge in [0, 0.05) is 11.1 Å². The van der Waals surface area contributed by atoms with E-state index in [2.05, 4.69) is 5.32 Å². The summed E-state index contributed by atoms with van der Waals surface area (Å²) in [4.78, 5) is 25.6. The van der Waals surface area contributed by atoms with Crippen LogP contribution in [-0.2, 0) is 17.8 Å². The molecule has 6 nitrogen and oxygen atoms in total. The lowest BCUT2D eigenvalue weighted by molar-refractivity contribution is 0.0635. The van der Waals surface area contributed by atoms with Crippen LogP contribution in [0.5, 0.6) is 5.75 Å². The first kappa shape index (κ1) is 19.7. The number of aryl methyl sites for hydroxylation is 1. The molecule has 7 heteroatoms. The number of amides is 2. The highest BCUT2D eigenvalue weighted by molar-refractivity contribution is 5.85. The summed E-state index contributed by atoms with van der Waals surface area (Å²) in [7, 11) is 0. The van der Waals surface area contributed by atoms with Crippen molar-refractivity contribution in [3.8, 4) is 5.75 Å². The van der Waals surface area contributed by atoms with Gasteiger partial charge in [0.1, 0.15) is 11.4 Å². The highest BCUT2D eigenvalue weighted by Crippen LogP contribution is 2.29. The van der Waals surface area contributed by atoms with Crippen LogP contribution in [0.3, 0.4) is 0 Å². The molecule has 1 aliphatic heterocycles. The van der Waals surface area contributed by atoms with E-state index in [0.717, 1.165) is 11.1 Å². The van der Waals surface area contributed by atoms with Gasteiger partial charge in [0.15, 0.2) is 5.82 Å². The second kappa shape index (κ2) is 7.50. The number of nitrogens with one attached hydrogen (secondary N) is 1. The van der Waals surface area contributed by atoms with Crippen LogP contribution in [0.4, 0.5) is 19.7 Å². The highest BCUT2D eigenvalue weighted by atomic mass is 19.1. The molecule has 0 spiro atoms. The Morgan fingerprint density at radius 2 is 2.04 bits per heavy atom. The van der Waals surface area contributed by atoms with Gasteiger partial charge < -0.3 is 9.47 Å². The summed E-state index contributed by atoms with van der Waals surface area (Å²) in [5.74, 6) is -0.0853. The number of nitrogens with zero attached hydrogens (tertiary/aromatic N) is 1. The minimum atomic E-state index is -0.745. The number of hydrogen-bond acceptors (Lipinski definition) is 4. The Bertz CT molecular complexity index is 921. The van der Waals surface area contributed by atoms with Crippen molar-refractivity contribution in [1.82, 2.24) is 4.90 Å². The first-order valence-electron chi connectivity index (χ1n) is 8.96. The summed E-state index contributed by atoms with van der Waals surface area (Å²) in [6.07, 6.45) is -1.28. The molecule has 0 atom stereocenters. The predicted molar refractivity (Wildman–Crippen MR) is 103 cm³/mol. The van der Waals surface area contributed by atoms with E-state index in [1.807, 2.05) is 19.1 Å². The molecule has 1 aliphatic rings. The first-order chi connectivity index (χ1) is 13.1. The van der Waals surface area contributed by atoms with Crippen LogP contribution in [0.2, 0.25) is 0 Å². The molecular weight excluding hydrogens is 363 g/mol. The monoisotopic (exact) mass is 386 g/mol. The van der Waals surface area contributed by atoms with E-state index in [-0.39, 0.29) is 17.8 Å². The second-order valence-corrected chi connectivity index (χ2v) is 7.74. The summed E-state index contributed by atoms with van der Waals surface area (Å²) in [5, 5.41) is 2.41. The molecule has 148 valence electrons. The molecule has 1 heterocycles. The molecule has 2 aromatic rings. The molecule has 0 aromatic heterocycles. The first-order valence-corrected chi connectivity index (χ1v) is 8.96. The molecule has 2 amide bonds. The number of rotatable bonds is 3. The fourth-order valence-electron chi connectivity index (χ4n) is 2.85. The molecule has 0 fully saturated rings. The third-order valence-corrected chi connectivity index (χ3v) is 4.11. The molecule has 0 saturated carbocycles. The Hall–Kier alpha value is -3.09. The zero-order valence-corrected chi connectivity index (χ0v) is 16.3. The van der Waals surface area contributed by atoms with Crippen LogP contribution in [0.25, 0.3) is 0 Å². The van der Waals surface area contributed by atoms with Crippen LogP contribution in [0, 0.1) is 12.7 Å². The number of benzene rings is 2. The van der Waals surface area contributed by atoms with E-state index in [0.29, 0.717) is 12.3 Å². The number of halogens is 1. The molecule has 3 rings (SSSR count). The maximum absolute atomic E-state index is 14.8. The summed E-state index contributed by atoms with van der Waals surface area (Å²) < 4.78 is 25.4. The quantitative estimate of drug-likeness (QED) is 0.806. The predicted octanol–water partition coefficient (Wildman–Crippen LogP) is 5.00. The summed E-state index contributed by atoms with van der Waals surface area (Å²) >= 11 is 0. The zero-order chi connectivity index (χ0) is 20.5. The van der Waals surface area contributed by atoms with Gasteiger partial charge in [0.25, 0.3) is 0 Å². The summed E-state index contributed by atoms with van der Waals surface area (Å²) in [6.45, 7) is 7.42. The van der Waals surface area contributed by atoms with Crippen molar-refractivity contribution in [2.45, 2.75) is 46.4 Å². The third kappa shape index (κ3) is 4.60. The van der Waals surface area contributed by atoms with E-state index < -0.39 is 23.6 Å². The number of carbonyl (C=O) groups is 2. The number of anilines is 1. The Morgan fingerprint density at radius 3 is 2.75 bits per heavy atom. The van der Waals surface area contributed by atoms with Crippen LogP contribution < -0.4 is 10.1 Å². The third-order valence-electron chi connectivity index (χ3n) is 4.11. The normalized spacial score (nSPS) is 13.6. The molecule has 0 aliphatic carbocycles. The Balaban J connectivity index is 1.75. The minimum Gasteiger partial charge on any atom is -0.444 e. The van der Waals surface area contributed by atoms with Crippen molar-refractivity contribution in [3.63, 3.8) is 0 Å². The van der Waals surface area contributed by atoms with E-state index in [9.17, 15) is 14.0 Å². The largest absolute Gasteiger partial charge is 0.444 e. The lowest BCUT2D eigenvalue weighted by atomic mass is 10.1. The lowest BCUT2D eigenvalue weighted by Gasteiger charge is -2.28. The summed E-state index contributed by atoms with van der Waals surface area (Å²) in [5.41, 5.74) is 1.41. The fourth-order valence-corrected chi connectivity index (χ4v) is 2.85. The topological polar surface area (TPSA) is 67.9 Å². The van der Waals surface area contributed by atoms with Gasteiger partial charge in [-0.3, -0.25) is 10.2 Å². The average molecular weight is 386 g/mol. The van der Waals surface area contributed by atoms with Gasteiger partial charge in [-0.2, -0.15) is 0 Å². The van der Waals surface area contributed by atoms with E-state index in [1.165, 1.54) is 11.0 Å². The lowest BCUT2D eigenvalue weighted by Crippen LogP contribution is -2.36. The van der Waals surface area contributed by atoms with Crippen LogP contribution in [0.15, 0.2) is 36.4 Å². The van der Waals surface area contributed by atoms with Crippen molar-refractivity contribution in [2.24, 2.45) is 0 Å². The van der Waals surface area contributed by atoms with Gasteiger partial charge in [-0.15, -0.1) is 0 Å². The Labute approximate surface area is 163 Å². The maximum Gasteiger partial charge on any atom is 0.415 e. The molecule has 2 aromatic carbocycles. The molecule has 0 bridgehead atoms. The van der Waals surface area contributed by atoms with Gasteiger partial charge in [-0.1, -0.05) is 24.3 Å². The van der Waals surface area contributed by atoms with Crippen molar-refractivity contribution in [3.05, 3.63) is 58.9 Å². The SMILES string of the molecule is Cc1ccc2c(c1)OC(=O)N(Cc1cccc(NC(=O)OC(C)(C)C)c1F)C2. The van der Waals surface area contributed by atoms with Gasteiger partial charge >= 0.3 is 12.2 Å².